The summed E-state index contributed by atoms with van der Waals surface area (Å²) in [5.41, 5.74) is 1.46. The zero-order valence-corrected chi connectivity index (χ0v) is 11.0. The molecule has 1 atom stereocenters. The van der Waals surface area contributed by atoms with Crippen molar-refractivity contribution >= 4 is 23.1 Å². The molecule has 2 aromatic rings. The summed E-state index contributed by atoms with van der Waals surface area (Å²) in [6, 6.07) is 3.17. The zero-order valence-electron chi connectivity index (χ0n) is 11.0. The van der Waals surface area contributed by atoms with E-state index in [4.69, 9.17) is 0 Å². The molecule has 1 aliphatic heterocycles. The molecule has 0 radical (unpaired) electrons. The number of carbonyl (C=O) groups is 2. The van der Waals surface area contributed by atoms with Gasteiger partial charge in [0.15, 0.2) is 0 Å². The van der Waals surface area contributed by atoms with E-state index in [9.17, 15) is 9.59 Å². The van der Waals surface area contributed by atoms with Gasteiger partial charge in [0.25, 0.3) is 0 Å². The average Bonchev–Trinajstić information content (AvgIpc) is 2.78. The number of aromatic nitrogens is 2. The van der Waals surface area contributed by atoms with Crippen LogP contribution in [0.25, 0.3) is 5.65 Å². The molecule has 104 valence electrons. The molecule has 2 N–H and O–H groups in total. The molecule has 0 bridgehead atoms. The number of nitrogens with zero attached hydrogens (tertiary/aromatic N) is 2. The van der Waals surface area contributed by atoms with Crippen LogP contribution in [0.3, 0.4) is 0 Å². The van der Waals surface area contributed by atoms with E-state index in [0.29, 0.717) is 18.5 Å². The van der Waals surface area contributed by atoms with Crippen LogP contribution < -0.4 is 10.6 Å². The van der Waals surface area contributed by atoms with Gasteiger partial charge in [0.05, 0.1) is 0 Å². The molecule has 1 unspecified atom stereocenters. The normalized spacial score (nSPS) is 19.4. The molecule has 2 aromatic heterocycles. The number of fused-ring (bicyclic) bond motifs is 1. The Morgan fingerprint density at radius 1 is 1.40 bits per heavy atom. The summed E-state index contributed by atoms with van der Waals surface area (Å²) in [6.07, 6.45) is 8.29. The first-order chi connectivity index (χ1) is 9.72. The summed E-state index contributed by atoms with van der Waals surface area (Å²) >= 11 is 0. The molecule has 1 saturated heterocycles. The highest BCUT2D eigenvalue weighted by Crippen LogP contribution is 2.14. The first-order valence-electron chi connectivity index (χ1n) is 6.75. The molecule has 0 aliphatic carbocycles. The van der Waals surface area contributed by atoms with E-state index in [0.717, 1.165) is 18.5 Å². The lowest BCUT2D eigenvalue weighted by molar-refractivity contribution is -0.125. The number of rotatable bonds is 2. The van der Waals surface area contributed by atoms with Gasteiger partial charge in [0.2, 0.25) is 11.8 Å². The van der Waals surface area contributed by atoms with Gasteiger partial charge in [-0.1, -0.05) is 6.42 Å². The minimum Gasteiger partial charge on any atom is -0.344 e. The van der Waals surface area contributed by atoms with Crippen LogP contribution in [-0.4, -0.2) is 27.2 Å². The number of pyridine rings is 1. The highest BCUT2D eigenvalue weighted by molar-refractivity contribution is 5.97. The number of hydrogen-bond acceptors (Lipinski definition) is 3. The van der Waals surface area contributed by atoms with E-state index >= 15 is 0 Å². The number of amides is 2. The first-order valence-corrected chi connectivity index (χ1v) is 6.75. The van der Waals surface area contributed by atoms with Crippen molar-refractivity contribution < 1.29 is 9.59 Å². The van der Waals surface area contributed by atoms with Crippen LogP contribution in [0.15, 0.2) is 30.7 Å². The molecule has 1 fully saturated rings. The van der Waals surface area contributed by atoms with Gasteiger partial charge >= 0.3 is 0 Å². The maximum atomic E-state index is 12.2. The van der Waals surface area contributed by atoms with Gasteiger partial charge in [-0.2, -0.15) is 0 Å². The molecule has 6 nitrogen and oxygen atoms in total. The van der Waals surface area contributed by atoms with E-state index in [2.05, 4.69) is 15.6 Å². The molecule has 0 saturated carbocycles. The number of hydrogen-bond donors (Lipinski definition) is 2. The molecule has 3 heterocycles. The summed E-state index contributed by atoms with van der Waals surface area (Å²) < 4.78 is 1.86. The minimum atomic E-state index is -0.444. The third-order valence-corrected chi connectivity index (χ3v) is 3.46. The second kappa shape index (κ2) is 5.32. The number of imidazole rings is 1. The van der Waals surface area contributed by atoms with Gasteiger partial charge in [0, 0.05) is 36.8 Å². The lowest BCUT2D eigenvalue weighted by Crippen LogP contribution is -2.42. The fourth-order valence-corrected chi connectivity index (χ4v) is 2.39. The molecule has 2 amide bonds. The third kappa shape index (κ3) is 2.64. The van der Waals surface area contributed by atoms with Crippen LogP contribution in [0, 0.1) is 0 Å². The van der Waals surface area contributed by atoms with Crippen LogP contribution in [0.1, 0.15) is 25.7 Å². The quantitative estimate of drug-likeness (QED) is 0.866. The van der Waals surface area contributed by atoms with Crippen molar-refractivity contribution in [3.05, 3.63) is 30.7 Å². The smallest absolute Gasteiger partial charge is 0.246 e. The second-order valence-electron chi connectivity index (χ2n) is 4.96. The van der Waals surface area contributed by atoms with Gasteiger partial charge in [0.1, 0.15) is 11.7 Å². The van der Waals surface area contributed by atoms with Crippen molar-refractivity contribution in [3.8, 4) is 0 Å². The van der Waals surface area contributed by atoms with Gasteiger partial charge in [-0.3, -0.25) is 9.59 Å². The van der Waals surface area contributed by atoms with Crippen molar-refractivity contribution in [2.45, 2.75) is 31.7 Å². The van der Waals surface area contributed by atoms with Crippen LogP contribution in [-0.2, 0) is 9.59 Å². The van der Waals surface area contributed by atoms with Crippen LogP contribution >= 0.6 is 0 Å². The predicted octanol–water partition coefficient (Wildman–Crippen LogP) is 1.33. The third-order valence-electron chi connectivity index (χ3n) is 3.46. The maximum Gasteiger partial charge on any atom is 0.246 e. The van der Waals surface area contributed by atoms with E-state index < -0.39 is 6.04 Å². The highest BCUT2D eigenvalue weighted by Gasteiger charge is 2.23. The number of carbonyl (C=O) groups excluding carboxylic acids is 2. The SMILES string of the molecule is O=C1CCCCC(C(=O)Nc2ccn3ccnc3c2)N1. The van der Waals surface area contributed by atoms with Crippen molar-refractivity contribution in [1.29, 1.82) is 0 Å². The van der Waals surface area contributed by atoms with E-state index in [-0.39, 0.29) is 11.8 Å². The molecular formula is C14H16N4O2. The largest absolute Gasteiger partial charge is 0.344 e. The van der Waals surface area contributed by atoms with Gasteiger partial charge in [-0.15, -0.1) is 0 Å². The second-order valence-corrected chi connectivity index (χ2v) is 4.96. The molecule has 3 rings (SSSR count). The first kappa shape index (κ1) is 12.7. The Morgan fingerprint density at radius 2 is 2.30 bits per heavy atom. The fraction of sp³-hybridized carbons (Fsp3) is 0.357. The molecule has 0 aromatic carbocycles. The lowest BCUT2D eigenvalue weighted by Gasteiger charge is -2.15. The van der Waals surface area contributed by atoms with Crippen LogP contribution in [0.4, 0.5) is 5.69 Å². The lowest BCUT2D eigenvalue weighted by atomic mass is 10.1. The van der Waals surface area contributed by atoms with Crippen LogP contribution in [0.5, 0.6) is 0 Å². The summed E-state index contributed by atoms with van der Waals surface area (Å²) in [6.45, 7) is 0. The monoisotopic (exact) mass is 272 g/mol. The van der Waals surface area contributed by atoms with Crippen molar-refractivity contribution in [3.63, 3.8) is 0 Å². The maximum absolute atomic E-state index is 12.2. The van der Waals surface area contributed by atoms with Crippen molar-refractivity contribution in [2.24, 2.45) is 0 Å². The Balaban J connectivity index is 1.72. The molecule has 1 aliphatic rings. The average molecular weight is 272 g/mol. The zero-order chi connectivity index (χ0) is 13.9. The predicted molar refractivity (Wildman–Crippen MR) is 74.2 cm³/mol. The Labute approximate surface area is 116 Å². The van der Waals surface area contributed by atoms with Gasteiger partial charge < -0.3 is 15.0 Å². The molecule has 6 heteroatoms. The van der Waals surface area contributed by atoms with Crippen molar-refractivity contribution in [1.82, 2.24) is 14.7 Å². The van der Waals surface area contributed by atoms with Gasteiger partial charge in [-0.25, -0.2) is 4.98 Å². The Hall–Kier alpha value is -2.37. The Bertz CT molecular complexity index is 649. The molecule has 0 spiro atoms. The van der Waals surface area contributed by atoms with Crippen molar-refractivity contribution in [2.75, 3.05) is 5.32 Å². The number of anilines is 1. The summed E-state index contributed by atoms with van der Waals surface area (Å²) in [5.74, 6) is -0.220. The number of nitrogens with one attached hydrogen (secondary N) is 2. The van der Waals surface area contributed by atoms with E-state index in [1.807, 2.05) is 22.9 Å². The minimum absolute atomic E-state index is 0.0497. The summed E-state index contributed by atoms with van der Waals surface area (Å²) in [7, 11) is 0. The standard InChI is InChI=1S/C14H16N4O2/c19-13-4-2-1-3-11(17-13)14(20)16-10-5-7-18-8-6-15-12(18)9-10/h5-9,11H,1-4H2,(H,16,20)(H,17,19). The van der Waals surface area contributed by atoms with E-state index in [1.54, 1.807) is 12.3 Å². The highest BCUT2D eigenvalue weighted by atomic mass is 16.2. The topological polar surface area (TPSA) is 75.5 Å². The Kier molecular flexibility index (Phi) is 3.37. The Morgan fingerprint density at radius 3 is 3.20 bits per heavy atom. The van der Waals surface area contributed by atoms with Crippen LogP contribution in [0.2, 0.25) is 0 Å². The van der Waals surface area contributed by atoms with Gasteiger partial charge in [-0.05, 0) is 18.9 Å². The molecular weight excluding hydrogens is 256 g/mol. The molecule has 20 heavy (non-hydrogen) atoms. The summed E-state index contributed by atoms with van der Waals surface area (Å²) in [5, 5.41) is 5.59. The summed E-state index contributed by atoms with van der Waals surface area (Å²) in [4.78, 5) is 27.8. The van der Waals surface area contributed by atoms with E-state index in [1.165, 1.54) is 0 Å². The fourth-order valence-electron chi connectivity index (χ4n) is 2.39.